The van der Waals surface area contributed by atoms with E-state index in [1.807, 2.05) is 6.92 Å². The van der Waals surface area contributed by atoms with E-state index in [0.29, 0.717) is 43.4 Å². The standard InChI is InChI=1S/C21H23FN2O4/c1-2-24(21(26)9-6-15-4-3-5-16(22)12-15)14-20(25)23-17-7-8-18-19(13-17)28-11-10-27-18/h3-5,7-8,12-13H,2,6,9-11,14H2,1H3,(H,23,25). The van der Waals surface area contributed by atoms with Crippen LogP contribution in [-0.2, 0) is 16.0 Å². The van der Waals surface area contributed by atoms with Gasteiger partial charge < -0.3 is 19.7 Å². The lowest BCUT2D eigenvalue weighted by atomic mass is 10.1. The highest BCUT2D eigenvalue weighted by Gasteiger charge is 2.17. The molecule has 0 atom stereocenters. The number of rotatable bonds is 7. The number of nitrogens with zero attached hydrogens (tertiary/aromatic N) is 1. The molecule has 0 aliphatic carbocycles. The molecule has 3 rings (SSSR count). The van der Waals surface area contributed by atoms with Crippen LogP contribution in [0.2, 0.25) is 0 Å². The number of anilines is 1. The number of ether oxygens (including phenoxy) is 2. The molecule has 0 aromatic heterocycles. The Kier molecular flexibility index (Phi) is 6.47. The molecule has 0 saturated heterocycles. The minimum Gasteiger partial charge on any atom is -0.486 e. The summed E-state index contributed by atoms with van der Waals surface area (Å²) in [4.78, 5) is 26.3. The summed E-state index contributed by atoms with van der Waals surface area (Å²) in [5.41, 5.74) is 1.34. The van der Waals surface area contributed by atoms with Crippen molar-refractivity contribution in [2.24, 2.45) is 0 Å². The van der Waals surface area contributed by atoms with Crippen LogP contribution in [-0.4, -0.2) is 43.0 Å². The molecule has 0 spiro atoms. The van der Waals surface area contributed by atoms with Crippen molar-refractivity contribution in [2.45, 2.75) is 19.8 Å². The van der Waals surface area contributed by atoms with Crippen molar-refractivity contribution in [1.82, 2.24) is 4.90 Å². The summed E-state index contributed by atoms with van der Waals surface area (Å²) in [7, 11) is 0. The maximum atomic E-state index is 13.2. The molecule has 0 saturated carbocycles. The lowest BCUT2D eigenvalue weighted by Crippen LogP contribution is -2.38. The molecular weight excluding hydrogens is 363 g/mol. The van der Waals surface area contributed by atoms with Crippen LogP contribution in [0.4, 0.5) is 10.1 Å². The third kappa shape index (κ3) is 5.22. The maximum Gasteiger partial charge on any atom is 0.243 e. The van der Waals surface area contributed by atoms with Gasteiger partial charge in [-0.05, 0) is 43.2 Å². The van der Waals surface area contributed by atoms with Gasteiger partial charge in [-0.3, -0.25) is 9.59 Å². The zero-order chi connectivity index (χ0) is 19.9. The molecule has 0 radical (unpaired) electrons. The molecule has 6 nitrogen and oxygen atoms in total. The third-order valence-electron chi connectivity index (χ3n) is 4.41. The van der Waals surface area contributed by atoms with E-state index in [0.717, 1.165) is 5.56 Å². The number of carbonyl (C=O) groups excluding carboxylic acids is 2. The average molecular weight is 386 g/mol. The molecule has 0 bridgehead atoms. The van der Waals surface area contributed by atoms with Crippen molar-refractivity contribution in [3.05, 3.63) is 53.8 Å². The van der Waals surface area contributed by atoms with E-state index in [-0.39, 0.29) is 30.6 Å². The highest BCUT2D eigenvalue weighted by molar-refractivity contribution is 5.94. The molecule has 2 aromatic rings. The number of hydrogen-bond acceptors (Lipinski definition) is 4. The zero-order valence-corrected chi connectivity index (χ0v) is 15.7. The van der Waals surface area contributed by atoms with Crippen LogP contribution in [0.5, 0.6) is 11.5 Å². The van der Waals surface area contributed by atoms with Crippen LogP contribution >= 0.6 is 0 Å². The Balaban J connectivity index is 1.53. The first kappa shape index (κ1) is 19.7. The highest BCUT2D eigenvalue weighted by atomic mass is 19.1. The van der Waals surface area contributed by atoms with Crippen molar-refractivity contribution in [1.29, 1.82) is 0 Å². The predicted octanol–water partition coefficient (Wildman–Crippen LogP) is 3.02. The SMILES string of the molecule is CCN(CC(=O)Nc1ccc2c(c1)OCCO2)C(=O)CCc1cccc(F)c1. The Morgan fingerprint density at radius 1 is 1.11 bits per heavy atom. The average Bonchev–Trinajstić information content (AvgIpc) is 2.70. The lowest BCUT2D eigenvalue weighted by Gasteiger charge is -2.21. The van der Waals surface area contributed by atoms with Gasteiger partial charge in [-0.1, -0.05) is 12.1 Å². The minimum absolute atomic E-state index is 0.0487. The van der Waals surface area contributed by atoms with Crippen molar-refractivity contribution in [2.75, 3.05) is 31.6 Å². The highest BCUT2D eigenvalue weighted by Crippen LogP contribution is 2.32. The van der Waals surface area contributed by atoms with Crippen LogP contribution in [0.15, 0.2) is 42.5 Å². The largest absolute Gasteiger partial charge is 0.486 e. The van der Waals surface area contributed by atoms with Gasteiger partial charge in [0.2, 0.25) is 11.8 Å². The number of benzene rings is 2. The smallest absolute Gasteiger partial charge is 0.243 e. The fraction of sp³-hybridized carbons (Fsp3) is 0.333. The Labute approximate surface area is 163 Å². The van der Waals surface area contributed by atoms with Crippen LogP contribution in [0.25, 0.3) is 0 Å². The number of halogens is 1. The summed E-state index contributed by atoms with van der Waals surface area (Å²) in [5.74, 6) is 0.465. The van der Waals surface area contributed by atoms with E-state index < -0.39 is 0 Å². The van der Waals surface area contributed by atoms with Crippen LogP contribution in [0.3, 0.4) is 0 Å². The first-order chi connectivity index (χ1) is 13.5. The van der Waals surface area contributed by atoms with Crippen molar-refractivity contribution >= 4 is 17.5 Å². The number of fused-ring (bicyclic) bond motifs is 1. The first-order valence-corrected chi connectivity index (χ1v) is 9.27. The molecule has 148 valence electrons. The molecule has 1 aliphatic rings. The van der Waals surface area contributed by atoms with Crippen LogP contribution < -0.4 is 14.8 Å². The summed E-state index contributed by atoms with van der Waals surface area (Å²) in [6, 6.07) is 11.4. The number of likely N-dealkylation sites (N-methyl/N-ethyl adjacent to an activating group) is 1. The van der Waals surface area contributed by atoms with Crippen molar-refractivity contribution in [3.8, 4) is 11.5 Å². The Hall–Kier alpha value is -3.09. The van der Waals surface area contributed by atoms with Gasteiger partial charge in [0.15, 0.2) is 11.5 Å². The second kappa shape index (κ2) is 9.21. The molecular formula is C21H23FN2O4. The summed E-state index contributed by atoms with van der Waals surface area (Å²) in [6.07, 6.45) is 0.644. The summed E-state index contributed by atoms with van der Waals surface area (Å²) < 4.78 is 24.2. The van der Waals surface area contributed by atoms with Gasteiger partial charge in [-0.2, -0.15) is 0 Å². The third-order valence-corrected chi connectivity index (χ3v) is 4.41. The van der Waals surface area contributed by atoms with Gasteiger partial charge in [0.05, 0.1) is 6.54 Å². The van der Waals surface area contributed by atoms with Gasteiger partial charge in [0.1, 0.15) is 19.0 Å². The van der Waals surface area contributed by atoms with Gasteiger partial charge in [-0.25, -0.2) is 4.39 Å². The normalized spacial score (nSPS) is 12.4. The zero-order valence-electron chi connectivity index (χ0n) is 15.7. The number of amides is 2. The number of nitrogens with one attached hydrogen (secondary N) is 1. The Morgan fingerprint density at radius 2 is 1.89 bits per heavy atom. The van der Waals surface area contributed by atoms with E-state index in [9.17, 15) is 14.0 Å². The molecule has 28 heavy (non-hydrogen) atoms. The molecule has 2 amide bonds. The lowest BCUT2D eigenvalue weighted by molar-refractivity contribution is -0.134. The first-order valence-electron chi connectivity index (χ1n) is 9.27. The molecule has 2 aromatic carbocycles. The molecule has 1 heterocycles. The summed E-state index contributed by atoms with van der Waals surface area (Å²) >= 11 is 0. The number of hydrogen-bond donors (Lipinski definition) is 1. The van der Waals surface area contributed by atoms with E-state index in [2.05, 4.69) is 5.32 Å². The van der Waals surface area contributed by atoms with Gasteiger partial charge >= 0.3 is 0 Å². The van der Waals surface area contributed by atoms with Gasteiger partial charge in [0, 0.05) is 24.7 Å². The maximum absolute atomic E-state index is 13.2. The van der Waals surface area contributed by atoms with E-state index in [1.165, 1.54) is 17.0 Å². The Morgan fingerprint density at radius 3 is 2.64 bits per heavy atom. The number of aryl methyl sites for hydroxylation is 1. The van der Waals surface area contributed by atoms with Crippen molar-refractivity contribution < 1.29 is 23.5 Å². The molecule has 7 heteroatoms. The topological polar surface area (TPSA) is 67.9 Å². The Bertz CT molecular complexity index is 856. The van der Waals surface area contributed by atoms with E-state index in [1.54, 1.807) is 30.3 Å². The van der Waals surface area contributed by atoms with Gasteiger partial charge in [0.25, 0.3) is 0 Å². The summed E-state index contributed by atoms with van der Waals surface area (Å²) in [6.45, 7) is 3.15. The monoisotopic (exact) mass is 386 g/mol. The van der Waals surface area contributed by atoms with Gasteiger partial charge in [-0.15, -0.1) is 0 Å². The second-order valence-corrected chi connectivity index (χ2v) is 6.44. The minimum atomic E-state index is -0.323. The van der Waals surface area contributed by atoms with Crippen LogP contribution in [0.1, 0.15) is 18.9 Å². The fourth-order valence-corrected chi connectivity index (χ4v) is 2.97. The quantitative estimate of drug-likeness (QED) is 0.794. The van der Waals surface area contributed by atoms with E-state index >= 15 is 0 Å². The molecule has 1 N–H and O–H groups in total. The molecule has 0 fully saturated rings. The second-order valence-electron chi connectivity index (χ2n) is 6.44. The van der Waals surface area contributed by atoms with Crippen LogP contribution in [0, 0.1) is 5.82 Å². The van der Waals surface area contributed by atoms with E-state index in [4.69, 9.17) is 9.47 Å². The number of carbonyl (C=O) groups is 2. The molecule has 0 unspecified atom stereocenters. The molecule has 1 aliphatic heterocycles. The predicted molar refractivity (Wildman–Crippen MR) is 103 cm³/mol. The summed E-state index contributed by atoms with van der Waals surface area (Å²) in [5, 5.41) is 2.77. The van der Waals surface area contributed by atoms with Crippen molar-refractivity contribution in [3.63, 3.8) is 0 Å². The fourth-order valence-electron chi connectivity index (χ4n) is 2.97.